The Morgan fingerprint density at radius 3 is 2.62 bits per heavy atom. The largest absolute Gasteiger partial charge is 0.396 e. The van der Waals surface area contributed by atoms with Crippen LogP contribution in [0.2, 0.25) is 0 Å². The van der Waals surface area contributed by atoms with Crippen molar-refractivity contribution in [2.24, 2.45) is 0 Å². The molecule has 0 saturated heterocycles. The Kier molecular flexibility index (Phi) is 6.25. The molecule has 0 amide bonds. The van der Waals surface area contributed by atoms with Gasteiger partial charge in [0, 0.05) is 13.2 Å². The smallest absolute Gasteiger partial charge is 0.0502 e. The molecular weight excluding hydrogens is 217 g/mol. The van der Waals surface area contributed by atoms with Gasteiger partial charge in [-0.3, -0.25) is 4.90 Å². The first-order chi connectivity index (χ1) is 3.81. The van der Waals surface area contributed by atoms with Crippen LogP contribution in [-0.4, -0.2) is 34.8 Å². The molecule has 8 heavy (non-hydrogen) atoms. The van der Waals surface area contributed by atoms with Gasteiger partial charge in [0.2, 0.25) is 0 Å². The van der Waals surface area contributed by atoms with Crippen molar-refractivity contribution >= 4 is 22.6 Å². The first-order valence-corrected chi connectivity index (χ1v) is 4.19. The van der Waals surface area contributed by atoms with Crippen LogP contribution >= 0.6 is 22.6 Å². The summed E-state index contributed by atoms with van der Waals surface area (Å²) >= 11 is 2.30. The summed E-state index contributed by atoms with van der Waals surface area (Å²) in [7, 11) is 2.04. The molecule has 50 valence electrons. The van der Waals surface area contributed by atoms with E-state index in [0.29, 0.717) is 6.61 Å². The fraction of sp³-hybridized carbons (Fsp3) is 1.00. The van der Waals surface area contributed by atoms with Crippen molar-refractivity contribution < 1.29 is 5.11 Å². The van der Waals surface area contributed by atoms with Crippen LogP contribution in [0.5, 0.6) is 0 Å². The molecule has 3 heteroatoms. The number of hydrogen-bond donors (Lipinski definition) is 1. The summed E-state index contributed by atoms with van der Waals surface area (Å²) in [6.45, 7) is 1.31. The number of rotatable bonds is 4. The second-order valence-corrected chi connectivity index (χ2v) is 2.46. The maximum Gasteiger partial charge on any atom is 0.0502 e. The van der Waals surface area contributed by atoms with E-state index in [9.17, 15) is 0 Å². The summed E-state index contributed by atoms with van der Waals surface area (Å²) in [6.07, 6.45) is 0.888. The predicted molar refractivity (Wildman–Crippen MR) is 43.2 cm³/mol. The molecule has 0 spiro atoms. The van der Waals surface area contributed by atoms with Crippen LogP contribution in [0.1, 0.15) is 6.42 Å². The molecule has 0 aliphatic heterocycles. The highest BCUT2D eigenvalue weighted by Gasteiger charge is 1.90. The van der Waals surface area contributed by atoms with Crippen LogP contribution in [-0.2, 0) is 0 Å². The minimum Gasteiger partial charge on any atom is -0.396 e. The van der Waals surface area contributed by atoms with Gasteiger partial charge in [0.25, 0.3) is 0 Å². The summed E-state index contributed by atoms with van der Waals surface area (Å²) in [4.78, 5) is 2.16. The number of nitrogens with zero attached hydrogens (tertiary/aromatic N) is 1. The molecule has 0 aliphatic carbocycles. The molecule has 2 nitrogen and oxygen atoms in total. The summed E-state index contributed by atoms with van der Waals surface area (Å²) in [5, 5.41) is 8.38. The number of alkyl halides is 1. The minimum atomic E-state index is 0.307. The molecule has 0 heterocycles. The third-order valence-electron chi connectivity index (χ3n) is 0.902. The van der Waals surface area contributed by atoms with Crippen LogP contribution in [0.3, 0.4) is 0 Å². The van der Waals surface area contributed by atoms with Gasteiger partial charge in [0.15, 0.2) is 0 Å². The first-order valence-electron chi connectivity index (χ1n) is 2.66. The normalized spacial score (nSPS) is 10.5. The lowest BCUT2D eigenvalue weighted by molar-refractivity contribution is 0.261. The van der Waals surface area contributed by atoms with Gasteiger partial charge in [-0.2, -0.15) is 0 Å². The van der Waals surface area contributed by atoms with E-state index in [1.165, 1.54) is 0 Å². The summed E-state index contributed by atoms with van der Waals surface area (Å²) in [5.74, 6) is 0. The molecule has 0 aromatic rings. The highest BCUT2D eigenvalue weighted by molar-refractivity contribution is 14.1. The zero-order valence-corrected chi connectivity index (χ0v) is 7.26. The molecule has 0 radical (unpaired) electrons. The van der Waals surface area contributed by atoms with Crippen molar-refractivity contribution in [1.29, 1.82) is 0 Å². The molecule has 1 N–H and O–H groups in total. The van der Waals surface area contributed by atoms with Crippen molar-refractivity contribution in [1.82, 2.24) is 4.90 Å². The Labute approximate surface area is 64.0 Å². The first kappa shape index (κ1) is 8.65. The van der Waals surface area contributed by atoms with E-state index in [1.54, 1.807) is 0 Å². The van der Waals surface area contributed by atoms with Gasteiger partial charge in [-0.25, -0.2) is 0 Å². The van der Waals surface area contributed by atoms with Crippen LogP contribution in [0.4, 0.5) is 0 Å². The quantitative estimate of drug-likeness (QED) is 0.435. The van der Waals surface area contributed by atoms with Crippen molar-refractivity contribution in [3.63, 3.8) is 0 Å². The van der Waals surface area contributed by atoms with Crippen LogP contribution in [0.15, 0.2) is 0 Å². The molecular formula is C5H12INO. The van der Waals surface area contributed by atoms with Crippen molar-refractivity contribution in [3.05, 3.63) is 0 Å². The second-order valence-electron chi connectivity index (χ2n) is 1.78. The lowest BCUT2D eigenvalue weighted by Crippen LogP contribution is -2.17. The minimum absolute atomic E-state index is 0.307. The van der Waals surface area contributed by atoms with Crippen LogP contribution in [0.25, 0.3) is 0 Å². The van der Waals surface area contributed by atoms with Crippen molar-refractivity contribution in [2.75, 3.05) is 24.8 Å². The lowest BCUT2D eigenvalue weighted by atomic mass is 10.4. The maximum atomic E-state index is 8.38. The highest BCUT2D eigenvalue weighted by Crippen LogP contribution is 1.90. The van der Waals surface area contributed by atoms with Gasteiger partial charge in [0.05, 0.1) is 4.55 Å². The zero-order chi connectivity index (χ0) is 6.41. The maximum absolute atomic E-state index is 8.38. The molecule has 0 fully saturated rings. The SMILES string of the molecule is CN(CI)CCCO. The molecule has 0 saturated carbocycles. The Balaban J connectivity index is 2.86. The molecule has 0 aromatic heterocycles. The van der Waals surface area contributed by atoms with E-state index in [0.717, 1.165) is 17.5 Å². The molecule has 0 atom stereocenters. The van der Waals surface area contributed by atoms with Gasteiger partial charge >= 0.3 is 0 Å². The van der Waals surface area contributed by atoms with E-state index in [2.05, 4.69) is 27.5 Å². The third kappa shape index (κ3) is 4.80. The molecule has 0 aliphatic rings. The summed E-state index contributed by atoms with van der Waals surface area (Å²) < 4.78 is 1.04. The van der Waals surface area contributed by atoms with Crippen LogP contribution < -0.4 is 0 Å². The number of aliphatic hydroxyl groups excluding tert-OH is 1. The average molecular weight is 229 g/mol. The molecule has 0 aromatic carbocycles. The monoisotopic (exact) mass is 229 g/mol. The second kappa shape index (κ2) is 5.78. The van der Waals surface area contributed by atoms with Gasteiger partial charge in [-0.15, -0.1) is 0 Å². The summed E-state index contributed by atoms with van der Waals surface area (Å²) in [6, 6.07) is 0. The molecule has 0 bridgehead atoms. The predicted octanol–water partition coefficient (Wildman–Crippen LogP) is 0.693. The van der Waals surface area contributed by atoms with Crippen molar-refractivity contribution in [2.45, 2.75) is 6.42 Å². The van der Waals surface area contributed by atoms with E-state index >= 15 is 0 Å². The standard InChI is InChI=1S/C5H12INO/c1-7(5-6)3-2-4-8/h8H,2-5H2,1H3. The number of halogens is 1. The third-order valence-corrected chi connectivity index (χ3v) is 2.07. The summed E-state index contributed by atoms with van der Waals surface area (Å²) in [5.41, 5.74) is 0. The van der Waals surface area contributed by atoms with E-state index in [1.807, 2.05) is 7.05 Å². The Morgan fingerprint density at radius 2 is 2.25 bits per heavy atom. The lowest BCUT2D eigenvalue weighted by Gasteiger charge is -2.10. The Morgan fingerprint density at radius 1 is 1.62 bits per heavy atom. The van der Waals surface area contributed by atoms with Gasteiger partial charge < -0.3 is 5.11 Å². The highest BCUT2D eigenvalue weighted by atomic mass is 127. The average Bonchev–Trinajstić information content (AvgIpc) is 1.83. The van der Waals surface area contributed by atoms with Gasteiger partial charge in [-0.1, -0.05) is 22.6 Å². The molecule has 0 unspecified atom stereocenters. The number of aliphatic hydroxyl groups is 1. The number of hydrogen-bond acceptors (Lipinski definition) is 2. The van der Waals surface area contributed by atoms with Gasteiger partial charge in [-0.05, 0) is 13.5 Å². The molecule has 0 rings (SSSR count). The van der Waals surface area contributed by atoms with E-state index in [-0.39, 0.29) is 0 Å². The fourth-order valence-electron chi connectivity index (χ4n) is 0.400. The topological polar surface area (TPSA) is 23.5 Å². The Bertz CT molecular complexity index is 51.7. The fourth-order valence-corrected chi connectivity index (χ4v) is 0.742. The van der Waals surface area contributed by atoms with E-state index in [4.69, 9.17) is 5.11 Å². The van der Waals surface area contributed by atoms with Gasteiger partial charge in [0.1, 0.15) is 0 Å². The van der Waals surface area contributed by atoms with E-state index < -0.39 is 0 Å². The van der Waals surface area contributed by atoms with Crippen molar-refractivity contribution in [3.8, 4) is 0 Å². The Hall–Kier alpha value is 0.650. The van der Waals surface area contributed by atoms with Crippen LogP contribution in [0, 0.1) is 0 Å². The zero-order valence-electron chi connectivity index (χ0n) is 5.10.